The van der Waals surface area contributed by atoms with E-state index in [1.54, 1.807) is 18.6 Å². The Hall–Kier alpha value is -0.790. The maximum absolute atomic E-state index is 8.38. The molecule has 62 valence electrons. The third-order valence-electron chi connectivity index (χ3n) is 1.06. The van der Waals surface area contributed by atoms with Gasteiger partial charge in [0.15, 0.2) is 0 Å². The van der Waals surface area contributed by atoms with E-state index in [0.717, 1.165) is 5.03 Å². The number of halogens is 1. The van der Waals surface area contributed by atoms with Crippen molar-refractivity contribution in [1.29, 1.82) is 5.26 Å². The van der Waals surface area contributed by atoms with Crippen LogP contribution in [-0.2, 0) is 0 Å². The molecule has 1 atom stereocenters. The van der Waals surface area contributed by atoms with Gasteiger partial charge in [-0.25, -0.2) is 4.98 Å². The van der Waals surface area contributed by atoms with Crippen molar-refractivity contribution in [2.75, 3.05) is 5.75 Å². The highest BCUT2D eigenvalue weighted by atomic mass is 35.5. The van der Waals surface area contributed by atoms with E-state index < -0.39 is 5.38 Å². The summed E-state index contributed by atoms with van der Waals surface area (Å²) in [4.78, 5) is 7.90. The number of hydrogen-bond donors (Lipinski definition) is 0. The third-order valence-corrected chi connectivity index (χ3v) is 2.50. The third kappa shape index (κ3) is 3.07. The summed E-state index contributed by atoms with van der Waals surface area (Å²) in [6.07, 6.45) is 4.86. The highest BCUT2D eigenvalue weighted by Gasteiger charge is 2.03. The van der Waals surface area contributed by atoms with Crippen molar-refractivity contribution in [3.05, 3.63) is 18.6 Å². The van der Waals surface area contributed by atoms with Crippen LogP contribution in [-0.4, -0.2) is 21.1 Å². The van der Waals surface area contributed by atoms with E-state index in [4.69, 9.17) is 16.9 Å². The van der Waals surface area contributed by atoms with Gasteiger partial charge in [0.25, 0.3) is 0 Å². The van der Waals surface area contributed by atoms with Crippen LogP contribution < -0.4 is 0 Å². The fraction of sp³-hybridized carbons (Fsp3) is 0.286. The average Bonchev–Trinajstić information content (AvgIpc) is 2.16. The fourth-order valence-electron chi connectivity index (χ4n) is 0.556. The van der Waals surface area contributed by atoms with Gasteiger partial charge in [-0.05, 0) is 0 Å². The molecule has 1 heterocycles. The zero-order chi connectivity index (χ0) is 8.81. The molecule has 3 nitrogen and oxygen atoms in total. The van der Waals surface area contributed by atoms with Crippen LogP contribution >= 0.6 is 23.4 Å². The van der Waals surface area contributed by atoms with Crippen molar-refractivity contribution in [3.8, 4) is 6.07 Å². The van der Waals surface area contributed by atoms with Crippen LogP contribution in [0.3, 0.4) is 0 Å². The molecule has 1 aromatic rings. The molecule has 0 amide bonds. The first-order chi connectivity index (χ1) is 5.83. The summed E-state index contributed by atoms with van der Waals surface area (Å²) in [5, 5.41) is 8.71. The molecule has 0 aliphatic rings. The Morgan fingerprint density at radius 2 is 2.50 bits per heavy atom. The predicted molar refractivity (Wildman–Crippen MR) is 48.0 cm³/mol. The smallest absolute Gasteiger partial charge is 0.130 e. The summed E-state index contributed by atoms with van der Waals surface area (Å²) < 4.78 is 0. The molecule has 0 saturated carbocycles. The van der Waals surface area contributed by atoms with Gasteiger partial charge in [0, 0.05) is 18.1 Å². The monoisotopic (exact) mass is 199 g/mol. The van der Waals surface area contributed by atoms with Crippen LogP contribution in [0, 0.1) is 11.3 Å². The standard InChI is InChI=1S/C7H6ClN3S/c8-6(3-9)5-12-7-4-10-1-2-11-7/h1-2,4,6H,5H2. The molecule has 5 heteroatoms. The molecule has 0 spiro atoms. The number of nitriles is 1. The second kappa shape index (κ2) is 4.96. The maximum atomic E-state index is 8.38. The van der Waals surface area contributed by atoms with Crippen molar-refractivity contribution < 1.29 is 0 Å². The molecule has 1 aromatic heterocycles. The molecule has 1 rings (SSSR count). The molecule has 0 fully saturated rings. The van der Waals surface area contributed by atoms with E-state index in [1.807, 2.05) is 6.07 Å². The van der Waals surface area contributed by atoms with Crippen LogP contribution in [0.4, 0.5) is 0 Å². The van der Waals surface area contributed by atoms with Gasteiger partial charge in [-0.1, -0.05) is 0 Å². The molecule has 0 aliphatic carbocycles. The molecule has 1 unspecified atom stereocenters. The molecule has 0 aliphatic heterocycles. The van der Waals surface area contributed by atoms with Crippen molar-refractivity contribution >= 4 is 23.4 Å². The summed E-state index contributed by atoms with van der Waals surface area (Å²) in [5.41, 5.74) is 0. The summed E-state index contributed by atoms with van der Waals surface area (Å²) >= 11 is 7.01. The van der Waals surface area contributed by atoms with Crippen LogP contribution in [0.25, 0.3) is 0 Å². The number of rotatable bonds is 3. The van der Waals surface area contributed by atoms with Gasteiger partial charge in [0.2, 0.25) is 0 Å². The first kappa shape index (κ1) is 9.30. The van der Waals surface area contributed by atoms with E-state index in [-0.39, 0.29) is 0 Å². The number of nitrogens with zero attached hydrogens (tertiary/aromatic N) is 3. The molecule has 12 heavy (non-hydrogen) atoms. The van der Waals surface area contributed by atoms with Gasteiger partial charge in [-0.2, -0.15) is 5.26 Å². The van der Waals surface area contributed by atoms with Crippen molar-refractivity contribution in [3.63, 3.8) is 0 Å². The molecule has 0 N–H and O–H groups in total. The van der Waals surface area contributed by atoms with Crippen LogP contribution in [0.2, 0.25) is 0 Å². The van der Waals surface area contributed by atoms with Gasteiger partial charge < -0.3 is 0 Å². The Morgan fingerprint density at radius 3 is 3.08 bits per heavy atom. The lowest BCUT2D eigenvalue weighted by atomic mass is 10.5. The van der Waals surface area contributed by atoms with E-state index in [1.165, 1.54) is 11.8 Å². The highest BCUT2D eigenvalue weighted by Crippen LogP contribution is 2.15. The first-order valence-corrected chi connectivity index (χ1v) is 4.67. The summed E-state index contributed by atoms with van der Waals surface area (Å²) in [7, 11) is 0. The van der Waals surface area contributed by atoms with Gasteiger partial charge >= 0.3 is 0 Å². The molecule has 0 aromatic carbocycles. The lowest BCUT2D eigenvalue weighted by molar-refractivity contribution is 1.05. The maximum Gasteiger partial charge on any atom is 0.130 e. The quantitative estimate of drug-likeness (QED) is 0.549. The Balaban J connectivity index is 2.40. The minimum atomic E-state index is -0.461. The van der Waals surface area contributed by atoms with Crippen molar-refractivity contribution in [2.24, 2.45) is 0 Å². The molecular formula is C7H6ClN3S. The fourth-order valence-corrected chi connectivity index (χ4v) is 1.41. The van der Waals surface area contributed by atoms with E-state index in [0.29, 0.717) is 5.75 Å². The number of aromatic nitrogens is 2. The second-order valence-corrected chi connectivity index (χ2v) is 3.52. The van der Waals surface area contributed by atoms with Crippen LogP contribution in [0.15, 0.2) is 23.6 Å². The Labute approximate surface area is 79.8 Å². The summed E-state index contributed by atoms with van der Waals surface area (Å²) in [5.74, 6) is 0.538. The molecule has 0 radical (unpaired) electrons. The van der Waals surface area contributed by atoms with Gasteiger partial charge in [0.1, 0.15) is 10.4 Å². The normalized spacial score (nSPS) is 12.0. The topological polar surface area (TPSA) is 49.6 Å². The number of thioether (sulfide) groups is 1. The van der Waals surface area contributed by atoms with Gasteiger partial charge in [-0.3, -0.25) is 4.98 Å². The van der Waals surface area contributed by atoms with Gasteiger partial charge in [0.05, 0.1) is 12.3 Å². The minimum absolute atomic E-state index is 0.461. The zero-order valence-electron chi connectivity index (χ0n) is 6.14. The predicted octanol–water partition coefficient (Wildman–Crippen LogP) is 1.70. The van der Waals surface area contributed by atoms with Crippen LogP contribution in [0.1, 0.15) is 0 Å². The first-order valence-electron chi connectivity index (χ1n) is 3.25. The second-order valence-electron chi connectivity index (χ2n) is 1.95. The SMILES string of the molecule is N#CC(Cl)CSc1cnccn1. The Kier molecular flexibility index (Phi) is 3.85. The van der Waals surface area contributed by atoms with E-state index in [9.17, 15) is 0 Å². The highest BCUT2D eigenvalue weighted by molar-refractivity contribution is 7.99. The Bertz CT molecular complexity index is 272. The average molecular weight is 200 g/mol. The number of hydrogen-bond acceptors (Lipinski definition) is 4. The zero-order valence-corrected chi connectivity index (χ0v) is 7.72. The lowest BCUT2D eigenvalue weighted by Crippen LogP contribution is -1.97. The summed E-state index contributed by atoms with van der Waals surface area (Å²) in [6.45, 7) is 0. The molecular weight excluding hydrogens is 194 g/mol. The Morgan fingerprint density at radius 1 is 1.67 bits per heavy atom. The number of alkyl halides is 1. The summed E-state index contributed by atoms with van der Waals surface area (Å²) in [6, 6.07) is 1.93. The minimum Gasteiger partial charge on any atom is -0.260 e. The van der Waals surface area contributed by atoms with Crippen LogP contribution in [0.5, 0.6) is 0 Å². The molecule has 0 bridgehead atoms. The lowest BCUT2D eigenvalue weighted by Gasteiger charge is -1.98. The van der Waals surface area contributed by atoms with E-state index in [2.05, 4.69) is 9.97 Å². The van der Waals surface area contributed by atoms with E-state index >= 15 is 0 Å². The van der Waals surface area contributed by atoms with Gasteiger partial charge in [-0.15, -0.1) is 23.4 Å². The van der Waals surface area contributed by atoms with Crippen molar-refractivity contribution in [1.82, 2.24) is 9.97 Å². The molecule has 0 saturated heterocycles. The largest absolute Gasteiger partial charge is 0.260 e. The van der Waals surface area contributed by atoms with Crippen molar-refractivity contribution in [2.45, 2.75) is 10.4 Å².